The van der Waals surface area contributed by atoms with Crippen molar-refractivity contribution in [2.24, 2.45) is 0 Å². The van der Waals surface area contributed by atoms with E-state index in [1.807, 2.05) is 0 Å². The lowest BCUT2D eigenvalue weighted by molar-refractivity contribution is 0.556. The zero-order valence-electron chi connectivity index (χ0n) is 2.54. The summed E-state index contributed by atoms with van der Waals surface area (Å²) in [6.45, 7) is 0. The maximum atomic E-state index is 9.31. The molecule has 0 N–H and O–H groups in total. The predicted octanol–water partition coefficient (Wildman–Crippen LogP) is 1.47. The van der Waals surface area contributed by atoms with Crippen molar-refractivity contribution in [3.05, 3.63) is 0 Å². The standard InChI is InChI=1S/C2Cl3O/c3-2(4,5)1-6. The third-order valence-corrected chi connectivity index (χ3v) is 0.347. The lowest BCUT2D eigenvalue weighted by Crippen LogP contribution is -2.00. The molecule has 0 aromatic carbocycles. The Morgan fingerprint density at radius 3 is 1.50 bits per heavy atom. The molecule has 0 spiro atoms. The Morgan fingerprint density at radius 1 is 1.33 bits per heavy atom. The number of halogens is 3. The third-order valence-electron chi connectivity index (χ3n) is 0.116. The van der Waals surface area contributed by atoms with E-state index in [-0.39, 0.29) is 0 Å². The molecule has 0 aliphatic rings. The van der Waals surface area contributed by atoms with Crippen LogP contribution >= 0.6 is 34.8 Å². The quantitative estimate of drug-likeness (QED) is 0.473. The minimum atomic E-state index is -1.85. The van der Waals surface area contributed by atoms with Gasteiger partial charge in [-0.3, -0.25) is 4.79 Å². The summed E-state index contributed by atoms with van der Waals surface area (Å²) in [6, 6.07) is 0. The Balaban J connectivity index is 3.45. The maximum absolute atomic E-state index is 9.31. The second-order valence-electron chi connectivity index (χ2n) is 0.600. The van der Waals surface area contributed by atoms with Crippen LogP contribution in [0.2, 0.25) is 0 Å². The number of alkyl halides is 3. The summed E-state index contributed by atoms with van der Waals surface area (Å²) in [7, 11) is 0. The average Bonchev–Trinajstić information content (AvgIpc) is 1.35. The van der Waals surface area contributed by atoms with Crippen molar-refractivity contribution in [2.45, 2.75) is 3.79 Å². The molecule has 0 unspecified atom stereocenters. The van der Waals surface area contributed by atoms with E-state index < -0.39 is 3.79 Å². The Kier molecular flexibility index (Phi) is 2.19. The lowest BCUT2D eigenvalue weighted by atomic mass is 10.9. The van der Waals surface area contributed by atoms with Crippen LogP contribution in [0.4, 0.5) is 0 Å². The largest absolute Gasteiger partial charge is 0.286 e. The van der Waals surface area contributed by atoms with Crippen molar-refractivity contribution in [1.82, 2.24) is 0 Å². The molecule has 0 aliphatic carbocycles. The monoisotopic (exact) mass is 145 g/mol. The van der Waals surface area contributed by atoms with E-state index in [4.69, 9.17) is 34.8 Å². The van der Waals surface area contributed by atoms with E-state index >= 15 is 0 Å². The van der Waals surface area contributed by atoms with E-state index in [9.17, 15) is 4.79 Å². The molecule has 0 saturated carbocycles. The summed E-state index contributed by atoms with van der Waals surface area (Å²) in [6.07, 6.45) is 1.15. The van der Waals surface area contributed by atoms with Crippen molar-refractivity contribution >= 4 is 41.1 Å². The third kappa shape index (κ3) is 4.54. The minimum Gasteiger partial charge on any atom is -0.286 e. The molecular formula is C2Cl3O. The van der Waals surface area contributed by atoms with Gasteiger partial charge in [-0.05, 0) is 0 Å². The van der Waals surface area contributed by atoms with Crippen LogP contribution in [-0.4, -0.2) is 10.1 Å². The summed E-state index contributed by atoms with van der Waals surface area (Å²) in [5, 5.41) is 0. The molecule has 0 amide bonds. The Bertz CT molecular complexity index is 54.3. The van der Waals surface area contributed by atoms with Crippen LogP contribution in [0.1, 0.15) is 0 Å². The molecule has 1 radical (unpaired) electrons. The second kappa shape index (κ2) is 2.01. The Morgan fingerprint density at radius 2 is 1.50 bits per heavy atom. The van der Waals surface area contributed by atoms with Crippen molar-refractivity contribution in [3.8, 4) is 0 Å². The summed E-state index contributed by atoms with van der Waals surface area (Å²) >= 11 is 14.5. The van der Waals surface area contributed by atoms with Gasteiger partial charge in [0.25, 0.3) is 10.1 Å². The molecule has 6 heavy (non-hydrogen) atoms. The van der Waals surface area contributed by atoms with Gasteiger partial charge >= 0.3 is 0 Å². The van der Waals surface area contributed by atoms with E-state index in [1.54, 1.807) is 0 Å². The molecule has 0 saturated heterocycles. The first-order valence-electron chi connectivity index (χ1n) is 1.02. The van der Waals surface area contributed by atoms with Crippen molar-refractivity contribution < 1.29 is 4.79 Å². The van der Waals surface area contributed by atoms with E-state index in [0.717, 1.165) is 6.29 Å². The first-order valence-corrected chi connectivity index (χ1v) is 2.15. The van der Waals surface area contributed by atoms with Crippen LogP contribution < -0.4 is 0 Å². The fourth-order valence-corrected chi connectivity index (χ4v) is 0. The molecule has 0 rings (SSSR count). The van der Waals surface area contributed by atoms with E-state index in [1.165, 1.54) is 0 Å². The van der Waals surface area contributed by atoms with Crippen molar-refractivity contribution in [2.75, 3.05) is 0 Å². The van der Waals surface area contributed by atoms with Gasteiger partial charge in [-0.15, -0.1) is 0 Å². The van der Waals surface area contributed by atoms with Gasteiger partial charge in [-0.25, -0.2) is 0 Å². The van der Waals surface area contributed by atoms with Gasteiger partial charge in [0, 0.05) is 0 Å². The first-order chi connectivity index (χ1) is 2.56. The van der Waals surface area contributed by atoms with Gasteiger partial charge in [0.15, 0.2) is 0 Å². The fourth-order valence-electron chi connectivity index (χ4n) is 0. The SMILES string of the molecule is O=[C]C(Cl)(Cl)Cl. The van der Waals surface area contributed by atoms with Crippen molar-refractivity contribution in [1.29, 1.82) is 0 Å². The molecule has 4 heteroatoms. The van der Waals surface area contributed by atoms with Gasteiger partial charge < -0.3 is 0 Å². The summed E-state index contributed by atoms with van der Waals surface area (Å²) in [5.41, 5.74) is 0. The summed E-state index contributed by atoms with van der Waals surface area (Å²) in [5.74, 6) is 0. The highest BCUT2D eigenvalue weighted by Gasteiger charge is 2.18. The number of hydrogen-bond acceptors (Lipinski definition) is 1. The fraction of sp³-hybridized carbons (Fsp3) is 0.500. The summed E-state index contributed by atoms with van der Waals surface area (Å²) in [4.78, 5) is 9.31. The Labute approximate surface area is 50.2 Å². The highest BCUT2D eigenvalue weighted by molar-refractivity contribution is 6.74. The van der Waals surface area contributed by atoms with Gasteiger partial charge in [-0.1, -0.05) is 34.8 Å². The number of carbonyl (C=O) groups excluding carboxylic acids is 1. The molecule has 0 heterocycles. The molecular weight excluding hydrogens is 146 g/mol. The predicted molar refractivity (Wildman–Crippen MR) is 26.0 cm³/mol. The molecule has 0 fully saturated rings. The minimum absolute atomic E-state index is 1.15. The summed E-state index contributed by atoms with van der Waals surface area (Å²) < 4.78 is -1.85. The zero-order chi connectivity index (χ0) is 5.21. The molecule has 0 aliphatic heterocycles. The van der Waals surface area contributed by atoms with Crippen LogP contribution in [0.5, 0.6) is 0 Å². The highest BCUT2D eigenvalue weighted by Crippen LogP contribution is 2.21. The van der Waals surface area contributed by atoms with E-state index in [2.05, 4.69) is 0 Å². The molecule has 0 aromatic heterocycles. The molecule has 0 aromatic rings. The number of hydrogen-bond donors (Lipinski definition) is 0. The maximum Gasteiger partial charge on any atom is 0.256 e. The highest BCUT2D eigenvalue weighted by atomic mass is 35.6. The smallest absolute Gasteiger partial charge is 0.256 e. The van der Waals surface area contributed by atoms with Gasteiger partial charge in [0.1, 0.15) is 0 Å². The van der Waals surface area contributed by atoms with Crippen molar-refractivity contribution in [3.63, 3.8) is 0 Å². The molecule has 0 bridgehead atoms. The Hall–Kier alpha value is 0.540. The first kappa shape index (κ1) is 6.54. The van der Waals surface area contributed by atoms with Crippen LogP contribution in [0, 0.1) is 0 Å². The lowest BCUT2D eigenvalue weighted by Gasteiger charge is -1.91. The number of rotatable bonds is 0. The van der Waals surface area contributed by atoms with Crippen LogP contribution in [0.15, 0.2) is 0 Å². The van der Waals surface area contributed by atoms with Crippen LogP contribution in [0.25, 0.3) is 0 Å². The topological polar surface area (TPSA) is 17.1 Å². The second-order valence-corrected chi connectivity index (χ2v) is 2.88. The molecule has 0 atom stereocenters. The normalized spacial score (nSPS) is 11.2. The van der Waals surface area contributed by atoms with Gasteiger partial charge in [-0.2, -0.15) is 0 Å². The van der Waals surface area contributed by atoms with Gasteiger partial charge in [0.05, 0.1) is 0 Å². The van der Waals surface area contributed by atoms with Crippen LogP contribution in [0.3, 0.4) is 0 Å². The van der Waals surface area contributed by atoms with E-state index in [0.29, 0.717) is 0 Å². The molecule has 1 nitrogen and oxygen atoms in total. The zero-order valence-corrected chi connectivity index (χ0v) is 4.81. The molecule has 35 valence electrons. The van der Waals surface area contributed by atoms with Crippen LogP contribution in [-0.2, 0) is 4.79 Å². The average molecular weight is 146 g/mol. The van der Waals surface area contributed by atoms with Gasteiger partial charge in [0.2, 0.25) is 0 Å².